The summed E-state index contributed by atoms with van der Waals surface area (Å²) in [6, 6.07) is 12.2. The molecule has 2 aromatic carbocycles. The zero-order valence-corrected chi connectivity index (χ0v) is 12.4. The van der Waals surface area contributed by atoms with Gasteiger partial charge in [-0.1, -0.05) is 41.9 Å². The molecule has 0 unspecified atom stereocenters. The first-order chi connectivity index (χ1) is 10.3. The van der Waals surface area contributed by atoms with Crippen LogP contribution in [0.25, 0.3) is 10.8 Å². The van der Waals surface area contributed by atoms with E-state index in [1.54, 1.807) is 6.92 Å². The lowest BCUT2D eigenvalue weighted by Gasteiger charge is -2.25. The van der Waals surface area contributed by atoms with Crippen molar-refractivity contribution in [3.63, 3.8) is 0 Å². The van der Waals surface area contributed by atoms with Crippen LogP contribution in [0.4, 0.5) is 0 Å². The minimum atomic E-state index is 0.273. The van der Waals surface area contributed by atoms with Crippen LogP contribution < -0.4 is 4.74 Å². The van der Waals surface area contributed by atoms with Gasteiger partial charge < -0.3 is 9.94 Å². The second kappa shape index (κ2) is 6.17. The van der Waals surface area contributed by atoms with Gasteiger partial charge in [-0.05, 0) is 44.1 Å². The molecule has 0 radical (unpaired) electrons. The highest BCUT2D eigenvalue weighted by atomic mass is 16.5. The quantitative estimate of drug-likeness (QED) is 0.502. The van der Waals surface area contributed by atoms with Crippen LogP contribution in [0.1, 0.15) is 44.6 Å². The molecule has 0 spiro atoms. The highest BCUT2D eigenvalue weighted by molar-refractivity contribution is 6.06. The van der Waals surface area contributed by atoms with Crippen LogP contribution in [0.2, 0.25) is 0 Å². The highest BCUT2D eigenvalue weighted by Crippen LogP contribution is 2.33. The molecule has 1 fully saturated rings. The number of hydrogen-bond acceptors (Lipinski definition) is 3. The van der Waals surface area contributed by atoms with Gasteiger partial charge in [0.15, 0.2) is 0 Å². The SMILES string of the molecule is C/C(=N\O)c1ccc2ccccc2c1OC1CCCCC1. The van der Waals surface area contributed by atoms with Gasteiger partial charge in [0, 0.05) is 10.9 Å². The van der Waals surface area contributed by atoms with Gasteiger partial charge in [0.25, 0.3) is 0 Å². The molecule has 1 aliphatic rings. The van der Waals surface area contributed by atoms with E-state index in [2.05, 4.69) is 17.3 Å². The molecule has 3 heteroatoms. The predicted molar refractivity (Wildman–Crippen MR) is 85.4 cm³/mol. The van der Waals surface area contributed by atoms with Crippen LogP contribution in [0.3, 0.4) is 0 Å². The van der Waals surface area contributed by atoms with Crippen LogP contribution in [-0.4, -0.2) is 17.0 Å². The van der Waals surface area contributed by atoms with E-state index in [-0.39, 0.29) is 6.10 Å². The largest absolute Gasteiger partial charge is 0.489 e. The number of benzene rings is 2. The molecule has 1 aliphatic carbocycles. The van der Waals surface area contributed by atoms with Crippen molar-refractivity contribution in [1.29, 1.82) is 0 Å². The highest BCUT2D eigenvalue weighted by Gasteiger charge is 2.19. The summed E-state index contributed by atoms with van der Waals surface area (Å²) in [5, 5.41) is 14.7. The van der Waals surface area contributed by atoms with Gasteiger partial charge in [0.05, 0.1) is 11.8 Å². The lowest BCUT2D eigenvalue weighted by molar-refractivity contribution is 0.156. The van der Waals surface area contributed by atoms with Crippen molar-refractivity contribution in [1.82, 2.24) is 0 Å². The Labute approximate surface area is 125 Å². The molecule has 2 aromatic rings. The summed E-state index contributed by atoms with van der Waals surface area (Å²) in [4.78, 5) is 0. The zero-order chi connectivity index (χ0) is 14.7. The fourth-order valence-electron chi connectivity index (χ4n) is 3.06. The van der Waals surface area contributed by atoms with Gasteiger partial charge in [0.2, 0.25) is 0 Å². The topological polar surface area (TPSA) is 41.8 Å². The lowest BCUT2D eigenvalue weighted by Crippen LogP contribution is -2.21. The molecule has 21 heavy (non-hydrogen) atoms. The summed E-state index contributed by atoms with van der Waals surface area (Å²) in [7, 11) is 0. The van der Waals surface area contributed by atoms with Crippen molar-refractivity contribution in [2.24, 2.45) is 5.16 Å². The van der Waals surface area contributed by atoms with E-state index in [1.165, 1.54) is 19.3 Å². The molecule has 0 aromatic heterocycles. The normalized spacial score (nSPS) is 17.1. The van der Waals surface area contributed by atoms with Gasteiger partial charge in [-0.3, -0.25) is 0 Å². The van der Waals surface area contributed by atoms with Crippen molar-refractivity contribution >= 4 is 16.5 Å². The van der Waals surface area contributed by atoms with E-state index in [0.29, 0.717) is 5.71 Å². The summed E-state index contributed by atoms with van der Waals surface area (Å²) in [6.07, 6.45) is 6.26. The van der Waals surface area contributed by atoms with Gasteiger partial charge in [-0.15, -0.1) is 0 Å². The number of rotatable bonds is 3. The van der Waals surface area contributed by atoms with Crippen LogP contribution in [0, 0.1) is 0 Å². The molecule has 0 aliphatic heterocycles. The molecule has 1 N–H and O–H groups in total. The fraction of sp³-hybridized carbons (Fsp3) is 0.389. The lowest BCUT2D eigenvalue weighted by atomic mass is 9.97. The predicted octanol–water partition coefficient (Wildman–Crippen LogP) is 4.75. The summed E-state index contributed by atoms with van der Waals surface area (Å²) in [6.45, 7) is 1.80. The van der Waals surface area contributed by atoms with Crippen molar-refractivity contribution in [2.45, 2.75) is 45.1 Å². The van der Waals surface area contributed by atoms with E-state index in [4.69, 9.17) is 9.94 Å². The summed E-state index contributed by atoms with van der Waals surface area (Å²) < 4.78 is 6.33. The summed E-state index contributed by atoms with van der Waals surface area (Å²) in [5.74, 6) is 0.857. The Morgan fingerprint density at radius 3 is 2.62 bits per heavy atom. The van der Waals surface area contributed by atoms with Gasteiger partial charge in [0.1, 0.15) is 5.75 Å². The second-order valence-corrected chi connectivity index (χ2v) is 5.73. The Morgan fingerprint density at radius 1 is 1.10 bits per heavy atom. The molecule has 0 atom stereocenters. The first-order valence-electron chi connectivity index (χ1n) is 7.67. The van der Waals surface area contributed by atoms with Crippen molar-refractivity contribution < 1.29 is 9.94 Å². The van der Waals surface area contributed by atoms with Gasteiger partial charge >= 0.3 is 0 Å². The molecule has 0 saturated heterocycles. The monoisotopic (exact) mass is 283 g/mol. The van der Waals surface area contributed by atoms with E-state index in [0.717, 1.165) is 34.9 Å². The van der Waals surface area contributed by atoms with Gasteiger partial charge in [-0.2, -0.15) is 0 Å². The van der Waals surface area contributed by atoms with E-state index in [9.17, 15) is 0 Å². The Balaban J connectivity index is 2.06. The molecule has 110 valence electrons. The Bertz CT molecular complexity index is 657. The molecular formula is C18H21NO2. The second-order valence-electron chi connectivity index (χ2n) is 5.73. The maximum Gasteiger partial charge on any atom is 0.136 e. The average Bonchev–Trinajstić information content (AvgIpc) is 2.55. The molecule has 0 bridgehead atoms. The van der Waals surface area contributed by atoms with E-state index >= 15 is 0 Å². The minimum Gasteiger partial charge on any atom is -0.489 e. The molecule has 0 amide bonds. The molecular weight excluding hydrogens is 262 g/mol. The van der Waals surface area contributed by atoms with Crippen LogP contribution in [0.15, 0.2) is 41.6 Å². The van der Waals surface area contributed by atoms with Crippen molar-refractivity contribution in [3.05, 3.63) is 42.0 Å². The third-order valence-corrected chi connectivity index (χ3v) is 4.26. The summed E-state index contributed by atoms with van der Waals surface area (Å²) in [5.41, 5.74) is 1.47. The number of fused-ring (bicyclic) bond motifs is 1. The maximum absolute atomic E-state index is 9.12. The Hall–Kier alpha value is -2.03. The third kappa shape index (κ3) is 2.87. The smallest absolute Gasteiger partial charge is 0.136 e. The number of nitrogens with zero attached hydrogens (tertiary/aromatic N) is 1. The molecule has 3 nitrogen and oxygen atoms in total. The van der Waals surface area contributed by atoms with E-state index in [1.807, 2.05) is 24.3 Å². The Morgan fingerprint density at radius 2 is 1.86 bits per heavy atom. The molecule has 3 rings (SSSR count). The van der Waals surface area contributed by atoms with Crippen LogP contribution >= 0.6 is 0 Å². The first-order valence-corrected chi connectivity index (χ1v) is 7.67. The van der Waals surface area contributed by atoms with Gasteiger partial charge in [-0.25, -0.2) is 0 Å². The maximum atomic E-state index is 9.12. The summed E-state index contributed by atoms with van der Waals surface area (Å²) >= 11 is 0. The van der Waals surface area contributed by atoms with Crippen LogP contribution in [-0.2, 0) is 0 Å². The number of oxime groups is 1. The fourth-order valence-corrected chi connectivity index (χ4v) is 3.06. The molecule has 1 saturated carbocycles. The standard InChI is InChI=1S/C18H21NO2/c1-13(19-20)16-12-11-14-7-5-6-10-17(14)18(16)21-15-8-3-2-4-9-15/h5-7,10-12,15,20H,2-4,8-9H2,1H3/b19-13+. The minimum absolute atomic E-state index is 0.273. The van der Waals surface area contributed by atoms with Crippen molar-refractivity contribution in [3.8, 4) is 5.75 Å². The van der Waals surface area contributed by atoms with Crippen LogP contribution in [0.5, 0.6) is 5.75 Å². The number of ether oxygens (including phenoxy) is 1. The van der Waals surface area contributed by atoms with Crippen molar-refractivity contribution in [2.75, 3.05) is 0 Å². The number of hydrogen-bond donors (Lipinski definition) is 1. The first kappa shape index (κ1) is 13.9. The van der Waals surface area contributed by atoms with E-state index < -0.39 is 0 Å². The Kier molecular flexibility index (Phi) is 4.09. The molecule has 0 heterocycles. The third-order valence-electron chi connectivity index (χ3n) is 4.26. The zero-order valence-electron chi connectivity index (χ0n) is 12.4. The average molecular weight is 283 g/mol.